The van der Waals surface area contributed by atoms with E-state index in [0.29, 0.717) is 25.6 Å². The highest BCUT2D eigenvalue weighted by molar-refractivity contribution is 5.19. The maximum Gasteiger partial charge on any atom is 0.129 e. The topological polar surface area (TPSA) is 32.7 Å². The smallest absolute Gasteiger partial charge is 0.129 e. The Bertz CT molecular complexity index is 436. The third-order valence-electron chi connectivity index (χ3n) is 4.25. The summed E-state index contributed by atoms with van der Waals surface area (Å²) in [6.45, 7) is 3.91. The zero-order chi connectivity index (χ0) is 15.8. The van der Waals surface area contributed by atoms with E-state index in [1.165, 1.54) is 18.2 Å². The highest BCUT2D eigenvalue weighted by Gasteiger charge is 2.20. The van der Waals surface area contributed by atoms with Crippen LogP contribution in [0.5, 0.6) is 0 Å². The Kier molecular flexibility index (Phi) is 7.22. The largest absolute Gasteiger partial charge is 0.394 e. The monoisotopic (exact) mass is 313 g/mol. The molecule has 0 bridgehead atoms. The first kappa shape index (κ1) is 17.3. The molecule has 1 saturated heterocycles. The third kappa shape index (κ3) is 5.30. The number of rotatable bonds is 8. The fourth-order valence-corrected chi connectivity index (χ4v) is 3.07. The van der Waals surface area contributed by atoms with Crippen LogP contribution in [-0.2, 0) is 11.2 Å². The number of ether oxygens (including phenoxy) is 1. The van der Waals surface area contributed by atoms with Crippen molar-refractivity contribution >= 4 is 0 Å². The normalized spacial score (nSPS) is 19.5. The van der Waals surface area contributed by atoms with Crippen LogP contribution in [0, 0.1) is 17.6 Å². The van der Waals surface area contributed by atoms with Crippen molar-refractivity contribution in [1.29, 1.82) is 0 Å². The lowest BCUT2D eigenvalue weighted by Gasteiger charge is -2.32. The maximum absolute atomic E-state index is 13.6. The zero-order valence-electron chi connectivity index (χ0n) is 12.9. The van der Waals surface area contributed by atoms with Gasteiger partial charge in [-0.1, -0.05) is 6.07 Å². The second-order valence-electron chi connectivity index (χ2n) is 5.88. The lowest BCUT2D eigenvalue weighted by atomic mass is 9.91. The number of aliphatic hydroxyl groups excluding tert-OH is 1. The average Bonchev–Trinajstić information content (AvgIpc) is 2.52. The number of benzene rings is 1. The van der Waals surface area contributed by atoms with Crippen LogP contribution in [-0.4, -0.2) is 49.5 Å². The van der Waals surface area contributed by atoms with Crippen LogP contribution in [0.1, 0.15) is 24.8 Å². The molecule has 1 aromatic carbocycles. The summed E-state index contributed by atoms with van der Waals surface area (Å²) in [7, 11) is 0. The van der Waals surface area contributed by atoms with E-state index in [1.54, 1.807) is 0 Å². The fraction of sp³-hybridized carbons (Fsp3) is 0.647. The molecule has 124 valence electrons. The average molecular weight is 313 g/mol. The molecule has 0 aliphatic carbocycles. The molecule has 1 N–H and O–H groups in total. The van der Waals surface area contributed by atoms with Gasteiger partial charge < -0.3 is 14.7 Å². The van der Waals surface area contributed by atoms with Crippen LogP contribution in [0.3, 0.4) is 0 Å². The first-order valence-corrected chi connectivity index (χ1v) is 8.04. The van der Waals surface area contributed by atoms with Gasteiger partial charge in [-0.15, -0.1) is 0 Å². The molecule has 0 amide bonds. The molecule has 1 aliphatic rings. The number of hydrogen-bond acceptors (Lipinski definition) is 3. The molecule has 2 rings (SSSR count). The minimum atomic E-state index is -0.440. The Morgan fingerprint density at radius 2 is 2.00 bits per heavy atom. The lowest BCUT2D eigenvalue weighted by molar-refractivity contribution is 0.0618. The van der Waals surface area contributed by atoms with Crippen molar-refractivity contribution in [3.05, 3.63) is 35.4 Å². The van der Waals surface area contributed by atoms with Crippen LogP contribution >= 0.6 is 0 Å². The molecule has 22 heavy (non-hydrogen) atoms. The van der Waals surface area contributed by atoms with Crippen LogP contribution in [0.15, 0.2) is 18.2 Å². The summed E-state index contributed by atoms with van der Waals surface area (Å²) in [5.74, 6) is -0.402. The number of nitrogens with zero attached hydrogens (tertiary/aromatic N) is 1. The fourth-order valence-electron chi connectivity index (χ4n) is 3.07. The first-order valence-electron chi connectivity index (χ1n) is 8.04. The minimum Gasteiger partial charge on any atom is -0.394 e. The van der Waals surface area contributed by atoms with Crippen molar-refractivity contribution in [1.82, 2.24) is 4.90 Å². The molecule has 0 spiro atoms. The SMILES string of the molecule is OCCOCCN1CCC[C@@H](CCc2c(F)cccc2F)C1. The Morgan fingerprint density at radius 3 is 2.73 bits per heavy atom. The van der Waals surface area contributed by atoms with Gasteiger partial charge in [0, 0.05) is 18.7 Å². The zero-order valence-corrected chi connectivity index (χ0v) is 12.9. The van der Waals surface area contributed by atoms with Gasteiger partial charge in [-0.2, -0.15) is 0 Å². The van der Waals surface area contributed by atoms with Gasteiger partial charge >= 0.3 is 0 Å². The van der Waals surface area contributed by atoms with Crippen LogP contribution < -0.4 is 0 Å². The number of piperidine rings is 1. The number of halogens is 2. The van der Waals surface area contributed by atoms with Crippen molar-refractivity contribution in [3.63, 3.8) is 0 Å². The summed E-state index contributed by atoms with van der Waals surface area (Å²) in [5, 5.41) is 8.67. The second-order valence-corrected chi connectivity index (χ2v) is 5.88. The van der Waals surface area contributed by atoms with E-state index < -0.39 is 11.6 Å². The molecule has 1 aliphatic heterocycles. The van der Waals surface area contributed by atoms with Crippen molar-refractivity contribution in [2.24, 2.45) is 5.92 Å². The minimum absolute atomic E-state index is 0.0524. The molecule has 1 fully saturated rings. The van der Waals surface area contributed by atoms with E-state index in [2.05, 4.69) is 4.90 Å². The number of aliphatic hydroxyl groups is 1. The number of likely N-dealkylation sites (tertiary alicyclic amines) is 1. The first-order chi connectivity index (χ1) is 10.7. The van der Waals surface area contributed by atoms with E-state index >= 15 is 0 Å². The lowest BCUT2D eigenvalue weighted by Crippen LogP contribution is -2.37. The van der Waals surface area contributed by atoms with Gasteiger partial charge in [0.05, 0.1) is 19.8 Å². The molecular weight excluding hydrogens is 288 g/mol. The van der Waals surface area contributed by atoms with E-state index in [-0.39, 0.29) is 12.2 Å². The summed E-state index contributed by atoms with van der Waals surface area (Å²) in [6.07, 6.45) is 3.50. The molecule has 1 atom stereocenters. The Morgan fingerprint density at radius 1 is 1.23 bits per heavy atom. The van der Waals surface area contributed by atoms with Crippen LogP contribution in [0.4, 0.5) is 8.78 Å². The van der Waals surface area contributed by atoms with Gasteiger partial charge in [0.25, 0.3) is 0 Å². The second kappa shape index (κ2) is 9.18. The summed E-state index contributed by atoms with van der Waals surface area (Å²) in [5.41, 5.74) is 0.214. The van der Waals surface area contributed by atoms with Gasteiger partial charge in [0.2, 0.25) is 0 Å². The molecule has 0 saturated carbocycles. The maximum atomic E-state index is 13.6. The van der Waals surface area contributed by atoms with Gasteiger partial charge in [-0.05, 0) is 50.3 Å². The molecule has 5 heteroatoms. The molecule has 1 heterocycles. The molecule has 3 nitrogen and oxygen atoms in total. The van der Waals surface area contributed by atoms with Crippen molar-refractivity contribution in [2.75, 3.05) is 39.5 Å². The highest BCUT2D eigenvalue weighted by atomic mass is 19.1. The predicted molar refractivity (Wildman–Crippen MR) is 81.7 cm³/mol. The standard InChI is InChI=1S/C17H25F2NO2/c18-16-4-1-5-17(19)15(16)7-6-14-3-2-8-20(13-14)9-11-22-12-10-21/h1,4-5,14,21H,2-3,6-13H2/t14-/m0/s1. The molecule has 0 radical (unpaired) electrons. The Hall–Kier alpha value is -1.04. The van der Waals surface area contributed by atoms with Gasteiger partial charge in [0.1, 0.15) is 11.6 Å². The molecule has 0 unspecified atom stereocenters. The quantitative estimate of drug-likeness (QED) is 0.749. The van der Waals surface area contributed by atoms with E-state index in [1.807, 2.05) is 0 Å². The van der Waals surface area contributed by atoms with Gasteiger partial charge in [-0.25, -0.2) is 8.78 Å². The van der Waals surface area contributed by atoms with Gasteiger partial charge in [-0.3, -0.25) is 0 Å². The highest BCUT2D eigenvalue weighted by Crippen LogP contribution is 2.23. The third-order valence-corrected chi connectivity index (χ3v) is 4.25. The Balaban J connectivity index is 1.76. The van der Waals surface area contributed by atoms with E-state index in [4.69, 9.17) is 9.84 Å². The summed E-state index contributed by atoms with van der Waals surface area (Å²) in [4.78, 5) is 2.34. The van der Waals surface area contributed by atoms with Crippen molar-refractivity contribution in [2.45, 2.75) is 25.7 Å². The van der Waals surface area contributed by atoms with Crippen LogP contribution in [0.2, 0.25) is 0 Å². The summed E-state index contributed by atoms with van der Waals surface area (Å²) >= 11 is 0. The summed E-state index contributed by atoms with van der Waals surface area (Å²) < 4.78 is 32.6. The van der Waals surface area contributed by atoms with Crippen molar-refractivity contribution < 1.29 is 18.6 Å². The van der Waals surface area contributed by atoms with E-state index in [9.17, 15) is 8.78 Å². The van der Waals surface area contributed by atoms with E-state index in [0.717, 1.165) is 38.9 Å². The van der Waals surface area contributed by atoms with Crippen molar-refractivity contribution in [3.8, 4) is 0 Å². The molecular formula is C17H25F2NO2. The van der Waals surface area contributed by atoms with Gasteiger partial charge in [0.15, 0.2) is 0 Å². The molecule has 1 aromatic rings. The molecule has 0 aromatic heterocycles. The Labute approximate surface area is 130 Å². The predicted octanol–water partition coefficient (Wildman–Crippen LogP) is 2.62. The number of hydrogen-bond donors (Lipinski definition) is 1. The summed E-state index contributed by atoms with van der Waals surface area (Å²) in [6, 6.07) is 4.05. The van der Waals surface area contributed by atoms with Crippen LogP contribution in [0.25, 0.3) is 0 Å².